The van der Waals surface area contributed by atoms with E-state index in [0.29, 0.717) is 33.8 Å². The predicted octanol–water partition coefficient (Wildman–Crippen LogP) is 5.22. The third-order valence-corrected chi connectivity index (χ3v) is 5.13. The van der Waals surface area contributed by atoms with Crippen molar-refractivity contribution in [1.82, 2.24) is 15.2 Å². The number of methoxy groups -OCH3 is 2. The van der Waals surface area contributed by atoms with E-state index in [1.165, 1.54) is 32.4 Å². The number of esters is 1. The summed E-state index contributed by atoms with van der Waals surface area (Å²) in [6, 6.07) is 7.54. The van der Waals surface area contributed by atoms with E-state index < -0.39 is 17.9 Å². The molecule has 7 nitrogen and oxygen atoms in total. The van der Waals surface area contributed by atoms with Crippen LogP contribution in [0.1, 0.15) is 5.69 Å². The Balaban J connectivity index is 1.92. The van der Waals surface area contributed by atoms with Gasteiger partial charge in [-0.3, -0.25) is 5.10 Å². The number of carbonyl (C=O) groups excluding carboxylic acids is 1. The Morgan fingerprint density at radius 3 is 2.28 bits per heavy atom. The summed E-state index contributed by atoms with van der Waals surface area (Å²) < 4.78 is 52.7. The van der Waals surface area contributed by atoms with Gasteiger partial charge in [0.1, 0.15) is 5.75 Å². The van der Waals surface area contributed by atoms with Gasteiger partial charge in [0, 0.05) is 27.4 Å². The third kappa shape index (κ3) is 3.66. The number of aryl methyl sites for hydroxylation is 1. The minimum atomic E-state index is -5.14. The number of carbonyl (C=O) groups is 1. The van der Waals surface area contributed by atoms with Crippen LogP contribution in [0.4, 0.5) is 13.2 Å². The van der Waals surface area contributed by atoms with Gasteiger partial charge >= 0.3 is 12.1 Å². The van der Waals surface area contributed by atoms with Crippen molar-refractivity contribution in [2.45, 2.75) is 13.1 Å². The zero-order valence-electron chi connectivity index (χ0n) is 16.9. The van der Waals surface area contributed by atoms with Crippen LogP contribution in [0.15, 0.2) is 30.3 Å². The van der Waals surface area contributed by atoms with Crippen molar-refractivity contribution in [3.63, 3.8) is 0 Å². The lowest BCUT2D eigenvalue weighted by Gasteiger charge is -2.14. The number of aromatic nitrogens is 3. The molecule has 0 fully saturated rings. The van der Waals surface area contributed by atoms with Gasteiger partial charge in [0.15, 0.2) is 17.1 Å². The van der Waals surface area contributed by atoms with Crippen molar-refractivity contribution in [3.05, 3.63) is 41.0 Å². The molecule has 2 heterocycles. The number of rotatable bonds is 4. The number of hydrogen-bond donors (Lipinski definition) is 1. The Labute approximate surface area is 184 Å². The molecule has 0 amide bonds. The van der Waals surface area contributed by atoms with Crippen LogP contribution in [0.2, 0.25) is 5.02 Å². The Bertz CT molecular complexity index is 1370. The van der Waals surface area contributed by atoms with Crippen molar-refractivity contribution >= 4 is 39.4 Å². The number of alkyl halides is 3. The first-order valence-corrected chi connectivity index (χ1v) is 9.51. The monoisotopic (exact) mass is 465 g/mol. The summed E-state index contributed by atoms with van der Waals surface area (Å²) in [5, 5.41) is 9.17. The van der Waals surface area contributed by atoms with Crippen LogP contribution >= 0.6 is 11.6 Å². The highest BCUT2D eigenvalue weighted by Crippen LogP contribution is 2.41. The van der Waals surface area contributed by atoms with Gasteiger partial charge in [-0.2, -0.15) is 18.3 Å². The maximum atomic E-state index is 12.5. The van der Waals surface area contributed by atoms with Crippen LogP contribution in [0.25, 0.3) is 33.1 Å². The molecule has 0 saturated heterocycles. The molecule has 0 aliphatic heterocycles. The fourth-order valence-corrected chi connectivity index (χ4v) is 3.60. The number of nitrogens with one attached hydrogen (secondary N) is 1. The van der Waals surface area contributed by atoms with Gasteiger partial charge in [-0.1, -0.05) is 11.6 Å². The molecule has 2 aromatic carbocycles. The van der Waals surface area contributed by atoms with Crippen molar-refractivity contribution in [1.29, 1.82) is 0 Å². The van der Waals surface area contributed by atoms with Gasteiger partial charge < -0.3 is 14.2 Å². The number of fused-ring (bicyclic) bond motifs is 3. The number of aromatic amines is 1. The third-order valence-electron chi connectivity index (χ3n) is 4.83. The molecular weight excluding hydrogens is 451 g/mol. The van der Waals surface area contributed by atoms with E-state index in [4.69, 9.17) is 21.1 Å². The van der Waals surface area contributed by atoms with Gasteiger partial charge in [-0.15, -0.1) is 0 Å². The number of ether oxygens (including phenoxy) is 3. The van der Waals surface area contributed by atoms with E-state index in [9.17, 15) is 18.0 Å². The van der Waals surface area contributed by atoms with Crippen molar-refractivity contribution in [2.75, 3.05) is 14.2 Å². The molecule has 0 bridgehead atoms. The SMILES string of the molecule is COc1cc2c(-c3ccc(OC(=O)C(F)(F)F)c(Cl)c3)nc3n[nH]c(C)c3c2cc1OC. The number of nitrogens with zero attached hydrogens (tertiary/aromatic N) is 2. The Morgan fingerprint density at radius 1 is 1.03 bits per heavy atom. The minimum Gasteiger partial charge on any atom is -0.493 e. The molecule has 0 spiro atoms. The van der Waals surface area contributed by atoms with E-state index in [1.54, 1.807) is 12.1 Å². The average Bonchev–Trinajstić information content (AvgIpc) is 3.13. The molecule has 0 aliphatic carbocycles. The second-order valence-electron chi connectivity index (χ2n) is 6.79. The summed E-state index contributed by atoms with van der Waals surface area (Å²) in [4.78, 5) is 15.8. The smallest absolute Gasteiger partial charge is 0.491 e. The van der Waals surface area contributed by atoms with Crippen molar-refractivity contribution in [3.8, 4) is 28.5 Å². The molecular formula is C21H15ClF3N3O4. The molecule has 32 heavy (non-hydrogen) atoms. The number of hydrogen-bond acceptors (Lipinski definition) is 6. The van der Waals surface area contributed by atoms with E-state index >= 15 is 0 Å². The van der Waals surface area contributed by atoms with Crippen molar-refractivity contribution in [2.24, 2.45) is 0 Å². The van der Waals surface area contributed by atoms with E-state index in [-0.39, 0.29) is 5.02 Å². The molecule has 11 heteroatoms. The van der Waals surface area contributed by atoms with Gasteiger partial charge in [0.25, 0.3) is 0 Å². The highest BCUT2D eigenvalue weighted by molar-refractivity contribution is 6.32. The molecule has 0 aliphatic rings. The molecule has 1 N–H and O–H groups in total. The molecule has 166 valence electrons. The van der Waals surface area contributed by atoms with Crippen LogP contribution in [0, 0.1) is 6.92 Å². The standard InChI is InChI=1S/C21H15ClF3N3O4/c1-9-17-11-7-15(30-2)16(31-3)8-12(11)18(26-19(17)28-27-9)10-4-5-14(13(22)6-10)32-20(29)21(23,24)25/h4-8H,1-3H3,(H,26,27,28). The van der Waals surface area contributed by atoms with Crippen LogP contribution in [-0.2, 0) is 4.79 Å². The topological polar surface area (TPSA) is 86.3 Å². The summed E-state index contributed by atoms with van der Waals surface area (Å²) in [6.07, 6.45) is -5.14. The number of halogens is 4. The average molecular weight is 466 g/mol. The van der Waals surface area contributed by atoms with Gasteiger partial charge in [-0.25, -0.2) is 9.78 Å². The molecule has 0 atom stereocenters. The molecule has 4 aromatic rings. The number of pyridine rings is 1. The summed E-state index contributed by atoms with van der Waals surface area (Å²) in [5.74, 6) is -1.81. The fraction of sp³-hybridized carbons (Fsp3) is 0.190. The zero-order chi connectivity index (χ0) is 23.2. The first-order chi connectivity index (χ1) is 15.1. The Morgan fingerprint density at radius 2 is 1.69 bits per heavy atom. The minimum absolute atomic E-state index is 0.186. The molecule has 0 radical (unpaired) electrons. The van der Waals surface area contributed by atoms with Gasteiger partial charge in [0.2, 0.25) is 0 Å². The summed E-state index contributed by atoms with van der Waals surface area (Å²) in [7, 11) is 3.02. The van der Waals surface area contributed by atoms with Crippen LogP contribution in [0.3, 0.4) is 0 Å². The quantitative estimate of drug-likeness (QED) is 0.328. The zero-order valence-corrected chi connectivity index (χ0v) is 17.7. The molecule has 0 unspecified atom stereocenters. The largest absolute Gasteiger partial charge is 0.493 e. The first kappa shape index (κ1) is 21.7. The lowest BCUT2D eigenvalue weighted by molar-refractivity contribution is -0.189. The van der Waals surface area contributed by atoms with Crippen LogP contribution in [-0.4, -0.2) is 41.5 Å². The second kappa shape index (κ2) is 7.86. The molecule has 0 saturated carbocycles. The fourth-order valence-electron chi connectivity index (χ4n) is 3.38. The van der Waals surface area contributed by atoms with E-state index in [2.05, 4.69) is 19.9 Å². The Kier molecular flexibility index (Phi) is 5.33. The number of H-pyrrole nitrogens is 1. The maximum Gasteiger partial charge on any atom is 0.491 e. The van der Waals surface area contributed by atoms with Crippen LogP contribution in [0.5, 0.6) is 17.2 Å². The first-order valence-electron chi connectivity index (χ1n) is 9.13. The summed E-state index contributed by atoms with van der Waals surface area (Å²) in [5.41, 5.74) is 2.15. The lowest BCUT2D eigenvalue weighted by Crippen LogP contribution is -2.28. The lowest BCUT2D eigenvalue weighted by atomic mass is 10.00. The van der Waals surface area contributed by atoms with Crippen molar-refractivity contribution < 1.29 is 32.2 Å². The van der Waals surface area contributed by atoms with E-state index in [1.807, 2.05) is 6.92 Å². The summed E-state index contributed by atoms with van der Waals surface area (Å²) >= 11 is 6.11. The highest BCUT2D eigenvalue weighted by Gasteiger charge is 2.41. The Hall–Kier alpha value is -3.53. The van der Waals surface area contributed by atoms with E-state index in [0.717, 1.165) is 16.5 Å². The number of benzene rings is 2. The molecule has 2 aromatic heterocycles. The molecule has 4 rings (SSSR count). The van der Waals surface area contributed by atoms with Gasteiger partial charge in [-0.05, 0) is 37.3 Å². The maximum absolute atomic E-state index is 12.5. The second-order valence-corrected chi connectivity index (χ2v) is 7.20. The summed E-state index contributed by atoms with van der Waals surface area (Å²) in [6.45, 7) is 1.85. The highest BCUT2D eigenvalue weighted by atomic mass is 35.5. The predicted molar refractivity (Wildman–Crippen MR) is 111 cm³/mol. The van der Waals surface area contributed by atoms with Crippen LogP contribution < -0.4 is 14.2 Å². The normalized spacial score (nSPS) is 11.7. The van der Waals surface area contributed by atoms with Gasteiger partial charge in [0.05, 0.1) is 24.9 Å².